The molecule has 84 valence electrons. The maximum absolute atomic E-state index is 12.0. The van der Waals surface area contributed by atoms with Crippen LogP contribution in [-0.4, -0.2) is 4.57 Å². The van der Waals surface area contributed by atoms with E-state index in [1.165, 1.54) is 0 Å². The van der Waals surface area contributed by atoms with E-state index in [9.17, 15) is 4.79 Å². The van der Waals surface area contributed by atoms with Crippen LogP contribution in [-0.2, 0) is 13.5 Å². The SMILES string of the molecule is Cn1c(-c2ccccc2)ccc(CC#N)c1=O. The lowest BCUT2D eigenvalue weighted by atomic mass is 10.1. The molecular weight excluding hydrogens is 212 g/mol. The summed E-state index contributed by atoms with van der Waals surface area (Å²) in [6, 6.07) is 15.3. The Labute approximate surface area is 99.6 Å². The molecule has 3 nitrogen and oxygen atoms in total. The highest BCUT2D eigenvalue weighted by molar-refractivity contribution is 5.59. The van der Waals surface area contributed by atoms with Crippen molar-refractivity contribution in [3.63, 3.8) is 0 Å². The lowest BCUT2D eigenvalue weighted by Crippen LogP contribution is -2.21. The summed E-state index contributed by atoms with van der Waals surface area (Å²) < 4.78 is 1.59. The van der Waals surface area contributed by atoms with Gasteiger partial charge >= 0.3 is 0 Å². The number of nitrogens with zero attached hydrogens (tertiary/aromatic N) is 2. The number of hydrogen-bond acceptors (Lipinski definition) is 2. The first-order chi connectivity index (χ1) is 8.24. The molecule has 0 saturated carbocycles. The molecule has 0 N–H and O–H groups in total. The monoisotopic (exact) mass is 224 g/mol. The highest BCUT2D eigenvalue weighted by atomic mass is 16.1. The normalized spacial score (nSPS) is 9.88. The molecule has 0 bridgehead atoms. The second-order valence-electron chi connectivity index (χ2n) is 3.81. The molecule has 1 heterocycles. The summed E-state index contributed by atoms with van der Waals surface area (Å²) in [6.07, 6.45) is 0.155. The van der Waals surface area contributed by atoms with Crippen molar-refractivity contribution in [1.29, 1.82) is 5.26 Å². The molecule has 0 radical (unpaired) electrons. The predicted octanol–water partition coefficient (Wildman–Crippen LogP) is 2.12. The molecular formula is C14H12N2O. The molecule has 0 aliphatic rings. The van der Waals surface area contributed by atoms with Gasteiger partial charge in [0, 0.05) is 12.6 Å². The van der Waals surface area contributed by atoms with Gasteiger partial charge in [-0.3, -0.25) is 4.79 Å². The van der Waals surface area contributed by atoms with Gasteiger partial charge in [-0.15, -0.1) is 0 Å². The molecule has 2 aromatic rings. The molecule has 0 saturated heterocycles. The van der Waals surface area contributed by atoms with Crippen molar-refractivity contribution in [1.82, 2.24) is 4.57 Å². The molecule has 0 spiro atoms. The highest BCUT2D eigenvalue weighted by Gasteiger charge is 2.06. The van der Waals surface area contributed by atoms with Crippen molar-refractivity contribution in [2.75, 3.05) is 0 Å². The summed E-state index contributed by atoms with van der Waals surface area (Å²) in [5, 5.41) is 8.62. The molecule has 3 heteroatoms. The Bertz CT molecular complexity index is 621. The first-order valence-corrected chi connectivity index (χ1v) is 5.35. The van der Waals surface area contributed by atoms with E-state index in [2.05, 4.69) is 0 Å². The van der Waals surface area contributed by atoms with E-state index in [1.54, 1.807) is 17.7 Å². The van der Waals surface area contributed by atoms with Gasteiger partial charge in [-0.1, -0.05) is 36.4 Å². The Hall–Kier alpha value is -2.34. The van der Waals surface area contributed by atoms with Gasteiger partial charge in [-0.25, -0.2) is 0 Å². The molecule has 17 heavy (non-hydrogen) atoms. The Morgan fingerprint density at radius 1 is 1.18 bits per heavy atom. The molecule has 2 rings (SSSR count). The summed E-state index contributed by atoms with van der Waals surface area (Å²) in [4.78, 5) is 12.0. The minimum atomic E-state index is -0.104. The van der Waals surface area contributed by atoms with Crippen molar-refractivity contribution in [3.8, 4) is 17.3 Å². The van der Waals surface area contributed by atoms with Gasteiger partial charge in [-0.05, 0) is 11.6 Å². The zero-order valence-corrected chi connectivity index (χ0v) is 9.55. The van der Waals surface area contributed by atoms with Crippen molar-refractivity contribution in [2.24, 2.45) is 7.05 Å². The molecule has 0 fully saturated rings. The van der Waals surface area contributed by atoms with E-state index in [4.69, 9.17) is 5.26 Å². The van der Waals surface area contributed by atoms with Crippen molar-refractivity contribution >= 4 is 0 Å². The average Bonchev–Trinajstić information content (AvgIpc) is 2.36. The Balaban J connectivity index is 2.57. The minimum absolute atomic E-state index is 0.104. The number of benzene rings is 1. The van der Waals surface area contributed by atoms with Gasteiger partial charge in [0.25, 0.3) is 5.56 Å². The number of aromatic nitrogens is 1. The summed E-state index contributed by atoms with van der Waals surface area (Å²) in [5.41, 5.74) is 2.29. The van der Waals surface area contributed by atoms with E-state index < -0.39 is 0 Å². The highest BCUT2D eigenvalue weighted by Crippen LogP contribution is 2.16. The second-order valence-corrected chi connectivity index (χ2v) is 3.81. The van der Waals surface area contributed by atoms with Crippen LogP contribution in [0.4, 0.5) is 0 Å². The minimum Gasteiger partial charge on any atom is -0.311 e. The Kier molecular flexibility index (Phi) is 3.06. The van der Waals surface area contributed by atoms with Gasteiger partial charge in [0.15, 0.2) is 0 Å². The summed E-state index contributed by atoms with van der Waals surface area (Å²) in [5.74, 6) is 0. The third-order valence-corrected chi connectivity index (χ3v) is 2.72. The molecule has 0 aliphatic carbocycles. The fraction of sp³-hybridized carbons (Fsp3) is 0.143. The van der Waals surface area contributed by atoms with Crippen LogP contribution in [0.3, 0.4) is 0 Å². The van der Waals surface area contributed by atoms with Crippen LogP contribution in [0.1, 0.15) is 5.56 Å². The van der Waals surface area contributed by atoms with Gasteiger partial charge < -0.3 is 4.57 Å². The summed E-state index contributed by atoms with van der Waals surface area (Å²) in [6.45, 7) is 0. The van der Waals surface area contributed by atoms with Crippen LogP contribution in [0.2, 0.25) is 0 Å². The molecule has 0 unspecified atom stereocenters. The van der Waals surface area contributed by atoms with Crippen molar-refractivity contribution in [2.45, 2.75) is 6.42 Å². The second kappa shape index (κ2) is 4.67. The van der Waals surface area contributed by atoms with Crippen LogP contribution in [0.5, 0.6) is 0 Å². The quantitative estimate of drug-likeness (QED) is 0.784. The van der Waals surface area contributed by atoms with Gasteiger partial charge in [-0.2, -0.15) is 5.26 Å². The maximum Gasteiger partial charge on any atom is 0.255 e. The van der Waals surface area contributed by atoms with Crippen LogP contribution in [0, 0.1) is 11.3 Å². The van der Waals surface area contributed by atoms with E-state index in [1.807, 2.05) is 42.5 Å². The fourth-order valence-electron chi connectivity index (χ4n) is 1.81. The third kappa shape index (κ3) is 2.11. The van der Waals surface area contributed by atoms with Gasteiger partial charge in [0.05, 0.1) is 18.2 Å². The topological polar surface area (TPSA) is 45.8 Å². The zero-order valence-electron chi connectivity index (χ0n) is 9.55. The first kappa shape index (κ1) is 11.2. The standard InChI is InChI=1S/C14H12N2O/c1-16-13(11-5-3-2-4-6-11)8-7-12(9-10-15)14(16)17/h2-8H,9H2,1H3. The van der Waals surface area contributed by atoms with Gasteiger partial charge in [0.2, 0.25) is 0 Å². The fourth-order valence-corrected chi connectivity index (χ4v) is 1.81. The number of rotatable bonds is 2. The van der Waals surface area contributed by atoms with E-state index in [0.29, 0.717) is 5.56 Å². The van der Waals surface area contributed by atoms with E-state index >= 15 is 0 Å². The van der Waals surface area contributed by atoms with Crippen molar-refractivity contribution in [3.05, 3.63) is 58.4 Å². The number of hydrogen-bond donors (Lipinski definition) is 0. The smallest absolute Gasteiger partial charge is 0.255 e. The van der Waals surface area contributed by atoms with Crippen molar-refractivity contribution < 1.29 is 0 Å². The molecule has 0 atom stereocenters. The number of pyridine rings is 1. The largest absolute Gasteiger partial charge is 0.311 e. The van der Waals surface area contributed by atoms with Crippen LogP contribution in [0.25, 0.3) is 11.3 Å². The lowest BCUT2D eigenvalue weighted by molar-refractivity contribution is 0.852. The first-order valence-electron chi connectivity index (χ1n) is 5.35. The molecule has 0 amide bonds. The van der Waals surface area contributed by atoms with E-state index in [-0.39, 0.29) is 12.0 Å². The van der Waals surface area contributed by atoms with Gasteiger partial charge in [0.1, 0.15) is 0 Å². The number of nitriles is 1. The summed E-state index contributed by atoms with van der Waals surface area (Å²) in [7, 11) is 1.73. The van der Waals surface area contributed by atoms with Crippen LogP contribution >= 0.6 is 0 Å². The third-order valence-electron chi connectivity index (χ3n) is 2.72. The predicted molar refractivity (Wildman–Crippen MR) is 66.4 cm³/mol. The zero-order chi connectivity index (χ0) is 12.3. The summed E-state index contributed by atoms with van der Waals surface area (Å²) >= 11 is 0. The van der Waals surface area contributed by atoms with Crippen LogP contribution in [0.15, 0.2) is 47.3 Å². The Morgan fingerprint density at radius 3 is 2.53 bits per heavy atom. The molecule has 0 aliphatic heterocycles. The molecule has 1 aromatic carbocycles. The van der Waals surface area contributed by atoms with E-state index in [0.717, 1.165) is 11.3 Å². The Morgan fingerprint density at radius 2 is 1.88 bits per heavy atom. The molecule has 1 aromatic heterocycles. The van der Waals surface area contributed by atoms with Crippen LogP contribution < -0.4 is 5.56 Å². The maximum atomic E-state index is 12.0. The lowest BCUT2D eigenvalue weighted by Gasteiger charge is -2.09. The average molecular weight is 224 g/mol.